The zero-order valence-electron chi connectivity index (χ0n) is 16.5. The molecule has 2 saturated heterocycles. The maximum Gasteiger partial charge on any atom is 0.191 e. The fourth-order valence-electron chi connectivity index (χ4n) is 3.50. The highest BCUT2D eigenvalue weighted by Crippen LogP contribution is 2.25. The second-order valence-corrected chi connectivity index (χ2v) is 10.3. The summed E-state index contributed by atoms with van der Waals surface area (Å²) in [5.74, 6) is 1.31. The van der Waals surface area contributed by atoms with Crippen molar-refractivity contribution in [2.45, 2.75) is 6.04 Å². The van der Waals surface area contributed by atoms with Gasteiger partial charge in [-0.2, -0.15) is 0 Å². The number of thiophene rings is 1. The van der Waals surface area contributed by atoms with Crippen LogP contribution in [0.15, 0.2) is 22.5 Å². The Morgan fingerprint density at radius 1 is 1.25 bits per heavy atom. The molecule has 1 aromatic rings. The fourth-order valence-corrected chi connectivity index (χ4v) is 5.64. The number of hydrogen-bond donors (Lipinski definition) is 2. The van der Waals surface area contributed by atoms with Crippen LogP contribution in [0.5, 0.6) is 0 Å². The Hall–Kier alpha value is -1.20. The van der Waals surface area contributed by atoms with E-state index in [2.05, 4.69) is 42.9 Å². The summed E-state index contributed by atoms with van der Waals surface area (Å²) in [6.07, 6.45) is 0. The molecule has 3 rings (SSSR count). The zero-order chi connectivity index (χ0) is 19.8. The topological polar surface area (TPSA) is 86.3 Å². The maximum absolute atomic E-state index is 11.5. The van der Waals surface area contributed by atoms with Gasteiger partial charge in [0.15, 0.2) is 15.8 Å². The lowest BCUT2D eigenvalue weighted by Gasteiger charge is -2.34. The molecule has 0 bridgehead atoms. The molecule has 8 nitrogen and oxygen atoms in total. The average Bonchev–Trinajstić information content (AvgIpc) is 3.23. The van der Waals surface area contributed by atoms with Gasteiger partial charge >= 0.3 is 0 Å². The van der Waals surface area contributed by atoms with Gasteiger partial charge in [-0.3, -0.25) is 14.8 Å². The number of hydrogen-bond acceptors (Lipinski definition) is 7. The predicted molar refractivity (Wildman–Crippen MR) is 114 cm³/mol. The van der Waals surface area contributed by atoms with E-state index in [0.29, 0.717) is 19.1 Å². The smallest absolute Gasteiger partial charge is 0.191 e. The summed E-state index contributed by atoms with van der Waals surface area (Å²) in [6.45, 7) is 7.00. The number of morpholine rings is 1. The maximum atomic E-state index is 11.5. The van der Waals surface area contributed by atoms with Crippen molar-refractivity contribution in [3.63, 3.8) is 0 Å². The fraction of sp³-hybridized carbons (Fsp3) is 0.722. The lowest BCUT2D eigenvalue weighted by molar-refractivity contribution is 0.0177. The van der Waals surface area contributed by atoms with Gasteiger partial charge in [-0.25, -0.2) is 8.42 Å². The van der Waals surface area contributed by atoms with E-state index in [9.17, 15) is 8.42 Å². The second-order valence-electron chi connectivity index (χ2n) is 7.05. The monoisotopic (exact) mass is 429 g/mol. The highest BCUT2D eigenvalue weighted by molar-refractivity contribution is 7.91. The van der Waals surface area contributed by atoms with E-state index in [0.717, 1.165) is 51.9 Å². The van der Waals surface area contributed by atoms with Gasteiger partial charge in [0.1, 0.15) is 0 Å². The van der Waals surface area contributed by atoms with Gasteiger partial charge in [0, 0.05) is 57.7 Å². The van der Waals surface area contributed by atoms with Crippen LogP contribution in [0.2, 0.25) is 0 Å². The van der Waals surface area contributed by atoms with E-state index in [1.807, 2.05) is 0 Å². The Morgan fingerprint density at radius 3 is 2.64 bits per heavy atom. The first-order chi connectivity index (χ1) is 13.6. The number of sulfone groups is 1. The largest absolute Gasteiger partial charge is 0.379 e. The van der Waals surface area contributed by atoms with Gasteiger partial charge in [0.2, 0.25) is 0 Å². The van der Waals surface area contributed by atoms with Crippen molar-refractivity contribution in [1.82, 2.24) is 20.4 Å². The van der Waals surface area contributed by atoms with Crippen molar-refractivity contribution in [3.05, 3.63) is 22.4 Å². The molecule has 0 aromatic carbocycles. The van der Waals surface area contributed by atoms with Gasteiger partial charge in [0.25, 0.3) is 0 Å². The van der Waals surface area contributed by atoms with Crippen LogP contribution in [0, 0.1) is 0 Å². The molecular formula is C18H31N5O3S2. The molecular weight excluding hydrogens is 398 g/mol. The lowest BCUT2D eigenvalue weighted by Crippen LogP contribution is -2.48. The van der Waals surface area contributed by atoms with Crippen LogP contribution in [0.25, 0.3) is 0 Å². The van der Waals surface area contributed by atoms with Crippen molar-refractivity contribution >= 4 is 27.1 Å². The summed E-state index contributed by atoms with van der Waals surface area (Å²) in [6, 6.07) is 4.58. The minimum Gasteiger partial charge on any atom is -0.379 e. The number of aliphatic imine (C=N–C) groups is 1. The Kier molecular flexibility index (Phi) is 8.10. The van der Waals surface area contributed by atoms with E-state index < -0.39 is 9.84 Å². The number of guanidine groups is 1. The third-order valence-corrected chi connectivity index (χ3v) is 7.78. The van der Waals surface area contributed by atoms with Crippen molar-refractivity contribution in [1.29, 1.82) is 0 Å². The molecule has 2 N–H and O–H groups in total. The number of nitrogens with one attached hydrogen (secondary N) is 2. The Balaban J connectivity index is 1.45. The van der Waals surface area contributed by atoms with Crippen LogP contribution in [0.1, 0.15) is 10.9 Å². The van der Waals surface area contributed by atoms with E-state index in [1.165, 1.54) is 4.88 Å². The minimum atomic E-state index is -2.82. The summed E-state index contributed by atoms with van der Waals surface area (Å²) in [4.78, 5) is 10.3. The van der Waals surface area contributed by atoms with Crippen LogP contribution >= 0.6 is 11.3 Å². The van der Waals surface area contributed by atoms with E-state index in [1.54, 1.807) is 18.4 Å². The van der Waals surface area contributed by atoms with Gasteiger partial charge in [-0.1, -0.05) is 6.07 Å². The van der Waals surface area contributed by atoms with Crippen molar-refractivity contribution in [2.24, 2.45) is 4.99 Å². The minimum absolute atomic E-state index is 0.266. The normalized spacial score (nSPS) is 22.7. The quantitative estimate of drug-likeness (QED) is 0.467. The molecule has 28 heavy (non-hydrogen) atoms. The number of ether oxygens (including phenoxy) is 1. The van der Waals surface area contributed by atoms with Gasteiger partial charge in [0.05, 0.1) is 30.8 Å². The van der Waals surface area contributed by atoms with E-state index in [4.69, 9.17) is 4.74 Å². The molecule has 0 saturated carbocycles. The van der Waals surface area contributed by atoms with Crippen molar-refractivity contribution < 1.29 is 13.2 Å². The number of nitrogens with zero attached hydrogens (tertiary/aromatic N) is 3. The summed E-state index contributed by atoms with van der Waals surface area (Å²) in [5, 5.41) is 8.92. The molecule has 1 aromatic heterocycles. The third kappa shape index (κ3) is 6.41. The van der Waals surface area contributed by atoms with Gasteiger partial charge in [-0.15, -0.1) is 11.3 Å². The molecule has 2 fully saturated rings. The standard InChI is InChI=1S/C18H31N5O3S2/c1-19-18(20-4-5-22-8-13-28(24,25)14-9-22)21-15-16(17-3-2-12-27-17)23-6-10-26-11-7-23/h2-3,12,16H,4-11,13-15H2,1H3,(H2,19,20,21). The molecule has 0 amide bonds. The van der Waals surface area contributed by atoms with Crippen molar-refractivity contribution in [2.75, 3.05) is 77.6 Å². The van der Waals surface area contributed by atoms with Crippen molar-refractivity contribution in [3.8, 4) is 0 Å². The summed E-state index contributed by atoms with van der Waals surface area (Å²) < 4.78 is 28.5. The second kappa shape index (κ2) is 10.5. The molecule has 3 heterocycles. The summed E-state index contributed by atoms with van der Waals surface area (Å²) in [7, 11) is -1.05. The first-order valence-electron chi connectivity index (χ1n) is 9.80. The summed E-state index contributed by atoms with van der Waals surface area (Å²) in [5.41, 5.74) is 0. The van der Waals surface area contributed by atoms with E-state index >= 15 is 0 Å². The Labute approximate surface area is 171 Å². The predicted octanol–water partition coefficient (Wildman–Crippen LogP) is 0.0168. The molecule has 0 spiro atoms. The SMILES string of the molecule is CN=C(NCCN1CCS(=O)(=O)CC1)NCC(c1cccs1)N1CCOCC1. The molecule has 0 aliphatic carbocycles. The van der Waals surface area contributed by atoms with Crippen LogP contribution in [-0.4, -0.2) is 102 Å². The summed E-state index contributed by atoms with van der Waals surface area (Å²) >= 11 is 1.78. The van der Waals surface area contributed by atoms with Crippen LogP contribution < -0.4 is 10.6 Å². The molecule has 2 aliphatic rings. The average molecular weight is 430 g/mol. The third-order valence-electron chi connectivity index (χ3n) is 5.20. The zero-order valence-corrected chi connectivity index (χ0v) is 18.1. The highest BCUT2D eigenvalue weighted by atomic mass is 32.2. The van der Waals surface area contributed by atoms with Gasteiger partial charge in [-0.05, 0) is 11.4 Å². The van der Waals surface area contributed by atoms with Gasteiger partial charge < -0.3 is 15.4 Å². The lowest BCUT2D eigenvalue weighted by atomic mass is 10.2. The Bertz CT molecular complexity index is 704. The van der Waals surface area contributed by atoms with E-state index in [-0.39, 0.29) is 11.5 Å². The number of rotatable bonds is 7. The first-order valence-corrected chi connectivity index (χ1v) is 12.5. The van der Waals surface area contributed by atoms with Crippen LogP contribution in [0.4, 0.5) is 0 Å². The first kappa shape index (κ1) is 21.5. The molecule has 2 aliphatic heterocycles. The Morgan fingerprint density at radius 2 is 2.00 bits per heavy atom. The molecule has 0 radical (unpaired) electrons. The van der Waals surface area contributed by atoms with Crippen LogP contribution in [0.3, 0.4) is 0 Å². The molecule has 158 valence electrons. The highest BCUT2D eigenvalue weighted by Gasteiger charge is 2.24. The molecule has 10 heteroatoms. The van der Waals surface area contributed by atoms with Crippen LogP contribution in [-0.2, 0) is 14.6 Å². The molecule has 1 atom stereocenters. The molecule has 1 unspecified atom stereocenters.